The van der Waals surface area contributed by atoms with Gasteiger partial charge in [-0.1, -0.05) is 12.1 Å². The van der Waals surface area contributed by atoms with E-state index in [1.807, 2.05) is 0 Å². The number of benzene rings is 1. The Morgan fingerprint density at radius 2 is 1.78 bits per heavy atom. The molecule has 9 nitrogen and oxygen atoms in total. The van der Waals surface area contributed by atoms with Crippen LogP contribution < -0.4 is 21.7 Å². The molecule has 0 fully saturated rings. The third kappa shape index (κ3) is 3.01. The molecule has 0 atom stereocenters. The number of nitrogens with zero attached hydrogens (tertiary/aromatic N) is 2. The maximum atomic E-state index is 12.4. The van der Waals surface area contributed by atoms with Gasteiger partial charge in [-0.3, -0.25) is 18.9 Å². The van der Waals surface area contributed by atoms with Gasteiger partial charge in [0.25, 0.3) is 21.5 Å². The summed E-state index contributed by atoms with van der Waals surface area (Å²) < 4.78 is 28.6. The largest absolute Gasteiger partial charge is 0.366 e. The van der Waals surface area contributed by atoms with Crippen LogP contribution in [-0.2, 0) is 24.1 Å². The molecular weight excluding hydrogens is 324 g/mol. The van der Waals surface area contributed by atoms with E-state index < -0.39 is 32.1 Å². The summed E-state index contributed by atoms with van der Waals surface area (Å²) >= 11 is 0. The third-order valence-corrected chi connectivity index (χ3v) is 4.49. The molecular formula is C13H14N4O5S. The van der Waals surface area contributed by atoms with E-state index in [4.69, 9.17) is 5.73 Å². The fourth-order valence-electron chi connectivity index (χ4n) is 1.95. The molecule has 1 aromatic heterocycles. The van der Waals surface area contributed by atoms with Gasteiger partial charge in [-0.05, 0) is 12.1 Å². The number of carbonyl (C=O) groups is 1. The molecule has 122 valence electrons. The highest BCUT2D eigenvalue weighted by atomic mass is 32.2. The lowest BCUT2D eigenvalue weighted by Gasteiger charge is -2.12. The van der Waals surface area contributed by atoms with E-state index >= 15 is 0 Å². The molecule has 23 heavy (non-hydrogen) atoms. The molecule has 0 aliphatic carbocycles. The van der Waals surface area contributed by atoms with Gasteiger partial charge >= 0.3 is 5.69 Å². The van der Waals surface area contributed by atoms with E-state index in [2.05, 4.69) is 4.72 Å². The SMILES string of the molecule is Cn1cc(S(=O)(=O)Nc2ccccc2C(N)=O)c(=O)n(C)c1=O. The summed E-state index contributed by atoms with van der Waals surface area (Å²) in [5.74, 6) is -0.823. The standard InChI is InChI=1S/C13H14N4O5S/c1-16-7-10(12(19)17(2)13(16)20)23(21,22)15-9-6-4-3-5-8(9)11(14)18/h3-7,15H,1-2H3,(H2,14,18). The van der Waals surface area contributed by atoms with E-state index in [1.165, 1.54) is 38.4 Å². The number of primary amides is 1. The number of hydrogen-bond donors (Lipinski definition) is 2. The molecule has 3 N–H and O–H groups in total. The Balaban J connectivity index is 2.60. The van der Waals surface area contributed by atoms with Crippen LogP contribution in [0.15, 0.2) is 44.9 Å². The van der Waals surface area contributed by atoms with Crippen LogP contribution in [0, 0.1) is 0 Å². The first-order valence-electron chi connectivity index (χ1n) is 6.33. The number of carbonyl (C=O) groups excluding carboxylic acids is 1. The molecule has 0 radical (unpaired) electrons. The topological polar surface area (TPSA) is 133 Å². The zero-order valence-corrected chi connectivity index (χ0v) is 13.1. The summed E-state index contributed by atoms with van der Waals surface area (Å²) in [6.07, 6.45) is 0.917. The Bertz CT molecular complexity index is 1000. The number of aryl methyl sites for hydroxylation is 1. The summed E-state index contributed by atoms with van der Waals surface area (Å²) in [5, 5.41) is 0. The van der Waals surface area contributed by atoms with Crippen molar-refractivity contribution in [2.24, 2.45) is 19.8 Å². The highest BCUT2D eigenvalue weighted by Gasteiger charge is 2.23. The molecule has 0 unspecified atom stereocenters. The Morgan fingerprint density at radius 1 is 1.17 bits per heavy atom. The number of anilines is 1. The zero-order chi connectivity index (χ0) is 17.4. The average molecular weight is 338 g/mol. The van der Waals surface area contributed by atoms with Crippen molar-refractivity contribution in [2.75, 3.05) is 4.72 Å². The van der Waals surface area contributed by atoms with Crippen LogP contribution in [0.1, 0.15) is 10.4 Å². The number of nitrogens with one attached hydrogen (secondary N) is 1. The van der Waals surface area contributed by atoms with Gasteiger partial charge in [0.2, 0.25) is 0 Å². The second-order valence-corrected chi connectivity index (χ2v) is 6.42. The lowest BCUT2D eigenvalue weighted by Crippen LogP contribution is -2.40. The van der Waals surface area contributed by atoms with Crippen LogP contribution in [0.5, 0.6) is 0 Å². The van der Waals surface area contributed by atoms with Crippen molar-refractivity contribution in [3.05, 3.63) is 56.9 Å². The summed E-state index contributed by atoms with van der Waals surface area (Å²) in [4.78, 5) is 34.4. The minimum Gasteiger partial charge on any atom is -0.366 e. The Labute approximate surface area is 131 Å². The van der Waals surface area contributed by atoms with Gasteiger partial charge in [-0.15, -0.1) is 0 Å². The molecule has 0 aliphatic heterocycles. The Morgan fingerprint density at radius 3 is 2.39 bits per heavy atom. The lowest BCUT2D eigenvalue weighted by molar-refractivity contribution is 0.100. The van der Waals surface area contributed by atoms with Crippen molar-refractivity contribution in [3.8, 4) is 0 Å². The predicted molar refractivity (Wildman–Crippen MR) is 82.7 cm³/mol. The third-order valence-electron chi connectivity index (χ3n) is 3.14. The fraction of sp³-hybridized carbons (Fsp3) is 0.154. The number of para-hydroxylation sites is 1. The summed E-state index contributed by atoms with van der Waals surface area (Å²) in [6.45, 7) is 0. The van der Waals surface area contributed by atoms with Crippen LogP contribution in [0.2, 0.25) is 0 Å². The smallest absolute Gasteiger partial charge is 0.330 e. The van der Waals surface area contributed by atoms with Gasteiger partial charge in [-0.25, -0.2) is 13.2 Å². The number of aromatic nitrogens is 2. The lowest BCUT2D eigenvalue weighted by atomic mass is 10.2. The van der Waals surface area contributed by atoms with Crippen molar-refractivity contribution in [1.29, 1.82) is 0 Å². The van der Waals surface area contributed by atoms with E-state index in [0.717, 1.165) is 10.8 Å². The van der Waals surface area contributed by atoms with Crippen LogP contribution in [0.4, 0.5) is 5.69 Å². The van der Waals surface area contributed by atoms with Gasteiger partial charge < -0.3 is 10.3 Å². The molecule has 2 rings (SSSR count). The maximum Gasteiger partial charge on any atom is 0.330 e. The molecule has 2 aromatic rings. The second kappa shape index (κ2) is 5.72. The number of hydrogen-bond acceptors (Lipinski definition) is 5. The minimum atomic E-state index is -4.31. The van der Waals surface area contributed by atoms with Crippen molar-refractivity contribution in [2.45, 2.75) is 4.90 Å². The van der Waals surface area contributed by atoms with Crippen LogP contribution in [0.3, 0.4) is 0 Å². The predicted octanol–water partition coefficient (Wildman–Crippen LogP) is -1.02. The number of amides is 1. The first-order chi connectivity index (χ1) is 10.6. The van der Waals surface area contributed by atoms with Gasteiger partial charge in [0.1, 0.15) is 0 Å². The molecule has 10 heteroatoms. The van der Waals surface area contributed by atoms with E-state index in [1.54, 1.807) is 0 Å². The summed E-state index contributed by atoms with van der Waals surface area (Å²) in [5.41, 5.74) is 3.45. The fourth-order valence-corrected chi connectivity index (χ4v) is 3.19. The van der Waals surface area contributed by atoms with Crippen molar-refractivity contribution >= 4 is 21.6 Å². The second-order valence-electron chi connectivity index (χ2n) is 4.77. The maximum absolute atomic E-state index is 12.4. The summed E-state index contributed by atoms with van der Waals surface area (Å²) in [7, 11) is -1.83. The van der Waals surface area contributed by atoms with Crippen LogP contribution >= 0.6 is 0 Å². The molecule has 1 heterocycles. The molecule has 0 bridgehead atoms. The number of nitrogens with two attached hydrogens (primary N) is 1. The minimum absolute atomic E-state index is 0.0438. The molecule has 1 aromatic carbocycles. The highest BCUT2D eigenvalue weighted by molar-refractivity contribution is 7.92. The number of sulfonamides is 1. The van der Waals surface area contributed by atoms with E-state index in [-0.39, 0.29) is 11.3 Å². The first kappa shape index (κ1) is 16.5. The normalized spacial score (nSPS) is 11.2. The van der Waals surface area contributed by atoms with Gasteiger partial charge in [0.15, 0.2) is 4.90 Å². The van der Waals surface area contributed by atoms with Gasteiger partial charge in [0.05, 0.1) is 11.3 Å². The number of rotatable bonds is 4. The highest BCUT2D eigenvalue weighted by Crippen LogP contribution is 2.18. The quantitative estimate of drug-likeness (QED) is 0.736. The Hall–Kier alpha value is -2.88. The Kier molecular flexibility index (Phi) is 4.10. The molecule has 0 aliphatic rings. The average Bonchev–Trinajstić information content (AvgIpc) is 2.48. The van der Waals surface area contributed by atoms with E-state index in [9.17, 15) is 22.8 Å². The molecule has 0 spiro atoms. The van der Waals surface area contributed by atoms with Crippen molar-refractivity contribution in [3.63, 3.8) is 0 Å². The molecule has 0 saturated carbocycles. The van der Waals surface area contributed by atoms with Gasteiger partial charge in [0, 0.05) is 20.3 Å². The monoisotopic (exact) mass is 338 g/mol. The summed E-state index contributed by atoms with van der Waals surface area (Å²) in [6, 6.07) is 5.70. The van der Waals surface area contributed by atoms with E-state index in [0.29, 0.717) is 4.57 Å². The molecule has 0 saturated heterocycles. The van der Waals surface area contributed by atoms with Crippen LogP contribution in [-0.4, -0.2) is 23.5 Å². The van der Waals surface area contributed by atoms with Crippen LogP contribution in [0.25, 0.3) is 0 Å². The first-order valence-corrected chi connectivity index (χ1v) is 7.82. The van der Waals surface area contributed by atoms with Crippen molar-refractivity contribution < 1.29 is 13.2 Å². The molecule has 1 amide bonds. The van der Waals surface area contributed by atoms with Crippen molar-refractivity contribution in [1.82, 2.24) is 9.13 Å². The van der Waals surface area contributed by atoms with Gasteiger partial charge in [-0.2, -0.15) is 0 Å². The zero-order valence-electron chi connectivity index (χ0n) is 12.3.